The van der Waals surface area contributed by atoms with Crippen molar-refractivity contribution in [2.45, 2.75) is 68.1 Å². The molecule has 8 unspecified atom stereocenters. The Morgan fingerprint density at radius 3 is 0.962 bits per heavy atom. The van der Waals surface area contributed by atoms with Crippen LogP contribution in [-0.4, -0.2) is 86.6 Å². The topological polar surface area (TPSA) is 237 Å². The van der Waals surface area contributed by atoms with Crippen LogP contribution in [0.15, 0.2) is 243 Å². The molecular weight excluding hydrogens is 1350 g/mol. The predicted molar refractivity (Wildman–Crippen MR) is 400 cm³/mol. The molecule has 0 amide bonds. The lowest BCUT2D eigenvalue weighted by molar-refractivity contribution is 0.245. The monoisotopic (exact) mass is 1430 g/mol. The van der Waals surface area contributed by atoms with Gasteiger partial charge in [0.05, 0.1) is 40.6 Å². The summed E-state index contributed by atoms with van der Waals surface area (Å²) < 4.78 is 62.6. The molecule has 0 fully saturated rings. The summed E-state index contributed by atoms with van der Waals surface area (Å²) in [6, 6.07) is 71.4. The first kappa shape index (κ1) is 71.9. The Hall–Kier alpha value is -12.5. The van der Waals surface area contributed by atoms with Crippen molar-refractivity contribution >= 4 is 0 Å². The fourth-order valence-electron chi connectivity index (χ4n) is 15.0. The van der Waals surface area contributed by atoms with Crippen molar-refractivity contribution in [3.05, 3.63) is 338 Å². The molecule has 0 aliphatic carbocycles. The first-order valence-electron chi connectivity index (χ1n) is 34.7. The number of halogens is 2. The van der Waals surface area contributed by atoms with E-state index in [1.54, 1.807) is 124 Å². The van der Waals surface area contributed by atoms with Crippen LogP contribution in [0.4, 0.5) is 8.78 Å². The molecule has 4 aliphatic heterocycles. The second-order valence-electron chi connectivity index (χ2n) is 26.9. The lowest BCUT2D eigenvalue weighted by atomic mass is 9.75. The molecule has 9 N–H and O–H groups in total. The second kappa shape index (κ2) is 31.2. The highest BCUT2D eigenvalue weighted by Gasteiger charge is 2.39. The molecule has 12 aromatic rings. The van der Waals surface area contributed by atoms with Gasteiger partial charge in [0.25, 0.3) is 0 Å². The summed E-state index contributed by atoms with van der Waals surface area (Å²) in [6.07, 6.45) is 0. The number of phenolic OH excluding ortho intramolecular Hbond substituents is 9. The molecule has 15 nitrogen and oxygen atoms in total. The summed E-state index contributed by atoms with van der Waals surface area (Å²) in [5.41, 5.74) is 14.1. The molecule has 0 radical (unpaired) electrons. The van der Waals surface area contributed by atoms with E-state index >= 15 is 0 Å². The maximum absolute atomic E-state index is 14.5. The average molecular weight is 1430 g/mol. The third-order valence-electron chi connectivity index (χ3n) is 20.5. The van der Waals surface area contributed by atoms with E-state index in [-0.39, 0.29) is 111 Å². The van der Waals surface area contributed by atoms with Gasteiger partial charge < -0.3 is 74.4 Å². The normalized spacial score (nSPS) is 18.6. The standard InChI is InChI=1S/C23H21FO4.C23H21FO3.C22H20O4.C21H18O4/c1-13-20(26)9-8-17-22(15-5-10-21(27-2)19(24)11-15)18(12-28-23(13)17)14-3-6-16(25)7-4-14;1-13-11-16(5-9-20(13)24)22-18-8-10-21(26)14(2)23(18)27-12-19(22)15-3-6-17(25)7-4-15;1-25-18-9-4-15(5-10-18)22-19-11-8-17(24)12-21(19)26-13-20(22)14-2-6-16(23)7-3-14;22-15-5-1-13(2-6-15)19-12-25-20-11-17(24)9-10-18(20)21(19)14-3-7-16(23)8-4-14/h3-11,18,22,25-26H,12H2,1-2H3;3-11,19,22,25-26H,12H2,1-2H3;2-12,20,22-24H,13H2,1H3;1-11,19,21-24H,12H2. The van der Waals surface area contributed by atoms with Crippen molar-refractivity contribution in [2.24, 2.45) is 0 Å². The Morgan fingerprint density at radius 1 is 0.292 bits per heavy atom. The zero-order chi connectivity index (χ0) is 74.4. The third-order valence-corrected chi connectivity index (χ3v) is 20.5. The Kier molecular flexibility index (Phi) is 21.2. The molecule has 16 rings (SSSR count). The van der Waals surface area contributed by atoms with E-state index in [1.807, 2.05) is 122 Å². The second-order valence-corrected chi connectivity index (χ2v) is 26.9. The molecule has 106 heavy (non-hydrogen) atoms. The molecule has 8 atom stereocenters. The van der Waals surface area contributed by atoms with Crippen LogP contribution >= 0.6 is 0 Å². The zero-order valence-electron chi connectivity index (χ0n) is 58.8. The Bertz CT molecular complexity index is 5070. The van der Waals surface area contributed by atoms with Crippen LogP contribution in [-0.2, 0) is 0 Å². The maximum atomic E-state index is 14.5. The third kappa shape index (κ3) is 15.3. The number of hydrogen-bond donors (Lipinski definition) is 9. The Morgan fingerprint density at radius 2 is 0.604 bits per heavy atom. The molecule has 0 saturated heterocycles. The minimum absolute atomic E-state index is 0.00639. The number of rotatable bonds is 10. The van der Waals surface area contributed by atoms with Gasteiger partial charge in [-0.25, -0.2) is 8.78 Å². The van der Waals surface area contributed by atoms with Gasteiger partial charge in [-0.2, -0.15) is 0 Å². The lowest BCUT2D eigenvalue weighted by Gasteiger charge is -2.35. The van der Waals surface area contributed by atoms with Crippen LogP contribution in [0.1, 0.15) is 131 Å². The molecule has 0 saturated carbocycles. The summed E-state index contributed by atoms with van der Waals surface area (Å²) in [7, 11) is 3.09. The van der Waals surface area contributed by atoms with Crippen molar-refractivity contribution < 1.29 is 83.2 Å². The van der Waals surface area contributed by atoms with Crippen LogP contribution in [0.2, 0.25) is 0 Å². The van der Waals surface area contributed by atoms with Gasteiger partial charge in [0.1, 0.15) is 86.3 Å². The smallest absolute Gasteiger partial charge is 0.165 e. The summed E-state index contributed by atoms with van der Waals surface area (Å²) in [6.45, 7) is 7.17. The number of aromatic hydroxyl groups is 9. The fourth-order valence-corrected chi connectivity index (χ4v) is 15.0. The molecule has 4 heterocycles. The van der Waals surface area contributed by atoms with Crippen molar-refractivity contribution in [1.29, 1.82) is 0 Å². The van der Waals surface area contributed by atoms with Gasteiger partial charge in [-0.15, -0.1) is 0 Å². The van der Waals surface area contributed by atoms with E-state index in [9.17, 15) is 54.7 Å². The van der Waals surface area contributed by atoms with E-state index in [1.165, 1.54) is 19.2 Å². The van der Waals surface area contributed by atoms with Crippen LogP contribution in [0.25, 0.3) is 0 Å². The van der Waals surface area contributed by atoms with E-state index in [0.717, 1.165) is 72.5 Å². The van der Waals surface area contributed by atoms with Gasteiger partial charge in [-0.05, 0) is 186 Å². The number of hydrogen-bond acceptors (Lipinski definition) is 15. The number of fused-ring (bicyclic) bond motifs is 4. The van der Waals surface area contributed by atoms with Crippen molar-refractivity contribution in [3.8, 4) is 86.2 Å². The minimum atomic E-state index is -0.423. The maximum Gasteiger partial charge on any atom is 0.165 e. The number of methoxy groups -OCH3 is 2. The highest BCUT2D eigenvalue weighted by Crippen LogP contribution is 2.53. The largest absolute Gasteiger partial charge is 0.508 e. The van der Waals surface area contributed by atoms with Crippen LogP contribution in [0.3, 0.4) is 0 Å². The van der Waals surface area contributed by atoms with E-state index in [4.69, 9.17) is 28.4 Å². The van der Waals surface area contributed by atoms with Gasteiger partial charge >= 0.3 is 0 Å². The average Bonchev–Trinajstić information content (AvgIpc) is 0.774. The van der Waals surface area contributed by atoms with E-state index in [0.29, 0.717) is 66.1 Å². The van der Waals surface area contributed by atoms with Gasteiger partial charge in [0.15, 0.2) is 11.6 Å². The van der Waals surface area contributed by atoms with Crippen molar-refractivity contribution in [2.75, 3.05) is 40.6 Å². The number of aryl methyl sites for hydroxylation is 1. The van der Waals surface area contributed by atoms with Crippen LogP contribution in [0.5, 0.6) is 86.2 Å². The summed E-state index contributed by atoms with van der Waals surface area (Å²) in [5, 5.41) is 87.8. The minimum Gasteiger partial charge on any atom is -0.508 e. The van der Waals surface area contributed by atoms with Crippen molar-refractivity contribution in [1.82, 2.24) is 0 Å². The Labute approximate surface area is 612 Å². The van der Waals surface area contributed by atoms with Crippen molar-refractivity contribution in [3.63, 3.8) is 0 Å². The van der Waals surface area contributed by atoms with Gasteiger partial charge in [0, 0.05) is 92.9 Å². The molecule has 0 aromatic heterocycles. The summed E-state index contributed by atoms with van der Waals surface area (Å²) in [5.74, 6) is 4.87. The molecular formula is C89H80F2O15. The first-order chi connectivity index (χ1) is 51.2. The lowest BCUT2D eigenvalue weighted by Crippen LogP contribution is -2.26. The molecule has 0 bridgehead atoms. The highest BCUT2D eigenvalue weighted by molar-refractivity contribution is 5.59. The van der Waals surface area contributed by atoms with E-state index < -0.39 is 5.82 Å². The Balaban J connectivity index is 0.000000125. The fraction of sp³-hybridized carbons (Fsp3) is 0.191. The number of phenols is 9. The molecule has 4 aliphatic rings. The summed E-state index contributed by atoms with van der Waals surface area (Å²) in [4.78, 5) is 0. The van der Waals surface area contributed by atoms with Gasteiger partial charge in [0.2, 0.25) is 0 Å². The van der Waals surface area contributed by atoms with Gasteiger partial charge in [-0.3, -0.25) is 0 Å². The quantitative estimate of drug-likeness (QED) is 0.0619. The van der Waals surface area contributed by atoms with E-state index in [2.05, 4.69) is 12.1 Å². The SMILES string of the molecule is COc1ccc(C2c3ccc(O)c(C)c3OCC2c2ccc(O)cc2)cc1F.COc1ccc(C2c3ccc(O)cc3OCC2c2ccc(O)cc2)cc1.Cc1cc(C2c3ccc(O)c(C)c3OCC2c2ccc(O)cc2)ccc1F.Oc1ccc(C2COc3cc(O)ccc3C2c2ccc(O)cc2)cc1. The molecule has 17 heteroatoms. The molecule has 0 spiro atoms. The summed E-state index contributed by atoms with van der Waals surface area (Å²) >= 11 is 0. The zero-order valence-corrected chi connectivity index (χ0v) is 58.8. The predicted octanol–water partition coefficient (Wildman–Crippen LogP) is 18.5. The van der Waals surface area contributed by atoms with Gasteiger partial charge in [-0.1, -0.05) is 115 Å². The van der Waals surface area contributed by atoms with Crippen LogP contribution < -0.4 is 28.4 Å². The number of ether oxygens (including phenoxy) is 6. The molecule has 540 valence electrons. The first-order valence-corrected chi connectivity index (χ1v) is 34.7. The van der Waals surface area contributed by atoms with Crippen LogP contribution in [0, 0.1) is 32.4 Å². The number of benzene rings is 12. The molecule has 12 aromatic carbocycles. The highest BCUT2D eigenvalue weighted by atomic mass is 19.1.